The lowest BCUT2D eigenvalue weighted by atomic mass is 10.1. The Balaban J connectivity index is 2.25. The number of anilines is 1. The summed E-state index contributed by atoms with van der Waals surface area (Å²) in [4.78, 5) is 17.7. The first-order chi connectivity index (χ1) is 7.22. The van der Waals surface area contributed by atoms with Gasteiger partial charge < -0.3 is 5.73 Å². The molecular formula is C11H15N3O. The van der Waals surface area contributed by atoms with Gasteiger partial charge in [-0.3, -0.25) is 9.69 Å². The van der Waals surface area contributed by atoms with Crippen LogP contribution in [0.15, 0.2) is 18.3 Å². The van der Waals surface area contributed by atoms with Gasteiger partial charge in [0, 0.05) is 19.2 Å². The van der Waals surface area contributed by atoms with Gasteiger partial charge in [0.25, 0.3) is 0 Å². The summed E-state index contributed by atoms with van der Waals surface area (Å²) in [6.45, 7) is 3.23. The monoisotopic (exact) mass is 205 g/mol. The minimum atomic E-state index is 0.132. The van der Waals surface area contributed by atoms with E-state index in [1.54, 1.807) is 11.1 Å². The molecule has 0 aliphatic carbocycles. The average molecular weight is 205 g/mol. The number of hydrogen-bond acceptors (Lipinski definition) is 3. The van der Waals surface area contributed by atoms with E-state index < -0.39 is 0 Å². The molecule has 80 valence electrons. The van der Waals surface area contributed by atoms with Crippen molar-refractivity contribution in [3.8, 4) is 0 Å². The van der Waals surface area contributed by atoms with E-state index in [4.69, 9.17) is 5.73 Å². The lowest BCUT2D eigenvalue weighted by Crippen LogP contribution is -2.27. The van der Waals surface area contributed by atoms with E-state index in [-0.39, 0.29) is 11.8 Å². The maximum absolute atomic E-state index is 11.7. The maximum Gasteiger partial charge on any atom is 0.228 e. The molecule has 4 heteroatoms. The van der Waals surface area contributed by atoms with Crippen LogP contribution < -0.4 is 10.6 Å². The Bertz CT molecular complexity index is 378. The Labute approximate surface area is 89.1 Å². The molecule has 1 amide bonds. The van der Waals surface area contributed by atoms with Gasteiger partial charge in [0.15, 0.2) is 0 Å². The van der Waals surface area contributed by atoms with Crippen molar-refractivity contribution in [1.29, 1.82) is 0 Å². The molecular weight excluding hydrogens is 190 g/mol. The molecule has 15 heavy (non-hydrogen) atoms. The highest BCUT2D eigenvalue weighted by Crippen LogP contribution is 2.24. The van der Waals surface area contributed by atoms with Gasteiger partial charge in [-0.25, -0.2) is 4.98 Å². The molecule has 0 bridgehead atoms. The molecule has 0 aromatic carbocycles. The second-order valence-electron chi connectivity index (χ2n) is 3.95. The van der Waals surface area contributed by atoms with Crippen LogP contribution in [0, 0.1) is 12.8 Å². The molecule has 0 spiro atoms. The summed E-state index contributed by atoms with van der Waals surface area (Å²) in [6, 6.07) is 3.84. The summed E-state index contributed by atoms with van der Waals surface area (Å²) < 4.78 is 0. The van der Waals surface area contributed by atoms with Crippen LogP contribution in [0.1, 0.15) is 12.0 Å². The van der Waals surface area contributed by atoms with Crippen LogP contribution in [-0.4, -0.2) is 24.0 Å². The third-order valence-electron chi connectivity index (χ3n) is 2.78. The first-order valence-corrected chi connectivity index (χ1v) is 5.14. The molecule has 0 radical (unpaired) electrons. The fourth-order valence-corrected chi connectivity index (χ4v) is 1.90. The topological polar surface area (TPSA) is 59.2 Å². The number of rotatable bonds is 2. The molecule has 2 N–H and O–H groups in total. The fraction of sp³-hybridized carbons (Fsp3) is 0.455. The molecule has 1 aromatic rings. The Kier molecular flexibility index (Phi) is 2.68. The second kappa shape index (κ2) is 3.98. The molecule has 1 aliphatic heterocycles. The van der Waals surface area contributed by atoms with Gasteiger partial charge in [-0.2, -0.15) is 0 Å². The predicted octanol–water partition coefficient (Wildman–Crippen LogP) is 0.702. The van der Waals surface area contributed by atoms with Crippen LogP contribution in [0.5, 0.6) is 0 Å². The summed E-state index contributed by atoms with van der Waals surface area (Å²) in [5, 5.41) is 0. The van der Waals surface area contributed by atoms with Crippen molar-refractivity contribution in [2.75, 3.05) is 18.0 Å². The first-order valence-electron chi connectivity index (χ1n) is 5.14. The summed E-state index contributed by atoms with van der Waals surface area (Å²) in [7, 11) is 0. The van der Waals surface area contributed by atoms with E-state index in [9.17, 15) is 4.79 Å². The van der Waals surface area contributed by atoms with Crippen LogP contribution in [0.2, 0.25) is 0 Å². The third kappa shape index (κ3) is 1.85. The van der Waals surface area contributed by atoms with Crippen molar-refractivity contribution >= 4 is 11.7 Å². The quantitative estimate of drug-likeness (QED) is 0.773. The van der Waals surface area contributed by atoms with Crippen LogP contribution in [-0.2, 0) is 4.79 Å². The highest BCUT2D eigenvalue weighted by Gasteiger charge is 2.30. The number of nitrogens with zero attached hydrogens (tertiary/aromatic N) is 2. The first kappa shape index (κ1) is 10.1. The molecule has 1 saturated heterocycles. The van der Waals surface area contributed by atoms with Crippen LogP contribution >= 0.6 is 0 Å². The highest BCUT2D eigenvalue weighted by atomic mass is 16.2. The van der Waals surface area contributed by atoms with Crippen molar-refractivity contribution in [1.82, 2.24) is 4.98 Å². The summed E-state index contributed by atoms with van der Waals surface area (Å²) >= 11 is 0. The Morgan fingerprint density at radius 1 is 1.67 bits per heavy atom. The zero-order valence-electron chi connectivity index (χ0n) is 8.81. The van der Waals surface area contributed by atoms with E-state index >= 15 is 0 Å². The van der Waals surface area contributed by atoms with Crippen LogP contribution in [0.25, 0.3) is 0 Å². The number of nitrogens with two attached hydrogens (primary N) is 1. The number of aromatic nitrogens is 1. The third-order valence-corrected chi connectivity index (χ3v) is 2.78. The molecule has 1 aromatic heterocycles. The van der Waals surface area contributed by atoms with Crippen molar-refractivity contribution in [2.45, 2.75) is 13.3 Å². The van der Waals surface area contributed by atoms with Crippen molar-refractivity contribution in [3.05, 3.63) is 23.9 Å². The summed E-state index contributed by atoms with van der Waals surface area (Å²) in [5.74, 6) is 1.18. The van der Waals surface area contributed by atoms with Crippen LogP contribution in [0.4, 0.5) is 5.82 Å². The minimum absolute atomic E-state index is 0.132. The zero-order valence-corrected chi connectivity index (χ0v) is 8.81. The van der Waals surface area contributed by atoms with E-state index in [2.05, 4.69) is 4.98 Å². The van der Waals surface area contributed by atoms with E-state index in [1.807, 2.05) is 19.1 Å². The SMILES string of the molecule is Cc1cccnc1N1CC(CN)CC1=O. The lowest BCUT2D eigenvalue weighted by Gasteiger charge is -2.17. The molecule has 1 fully saturated rings. The molecule has 1 atom stereocenters. The van der Waals surface area contributed by atoms with Gasteiger partial charge in [-0.05, 0) is 31.0 Å². The van der Waals surface area contributed by atoms with E-state index in [1.165, 1.54) is 0 Å². The predicted molar refractivity (Wildman–Crippen MR) is 58.5 cm³/mol. The van der Waals surface area contributed by atoms with Gasteiger partial charge in [-0.1, -0.05) is 6.07 Å². The summed E-state index contributed by atoms with van der Waals surface area (Å²) in [6.07, 6.45) is 2.26. The average Bonchev–Trinajstić information content (AvgIpc) is 2.60. The van der Waals surface area contributed by atoms with Crippen molar-refractivity contribution in [2.24, 2.45) is 11.7 Å². The fourth-order valence-electron chi connectivity index (χ4n) is 1.90. The Morgan fingerprint density at radius 3 is 3.07 bits per heavy atom. The van der Waals surface area contributed by atoms with Gasteiger partial charge >= 0.3 is 0 Å². The highest BCUT2D eigenvalue weighted by molar-refractivity contribution is 5.95. The number of carbonyl (C=O) groups is 1. The number of amides is 1. The molecule has 2 heterocycles. The number of aryl methyl sites for hydroxylation is 1. The number of carbonyl (C=O) groups excluding carboxylic acids is 1. The molecule has 2 rings (SSSR count). The number of hydrogen-bond donors (Lipinski definition) is 1. The lowest BCUT2D eigenvalue weighted by molar-refractivity contribution is -0.117. The zero-order chi connectivity index (χ0) is 10.8. The van der Waals surface area contributed by atoms with Gasteiger partial charge in [0.05, 0.1) is 0 Å². The van der Waals surface area contributed by atoms with Crippen LogP contribution in [0.3, 0.4) is 0 Å². The van der Waals surface area contributed by atoms with Crippen molar-refractivity contribution in [3.63, 3.8) is 0 Å². The second-order valence-corrected chi connectivity index (χ2v) is 3.95. The largest absolute Gasteiger partial charge is 0.330 e. The molecule has 1 aliphatic rings. The Hall–Kier alpha value is -1.42. The van der Waals surface area contributed by atoms with Crippen molar-refractivity contribution < 1.29 is 4.79 Å². The smallest absolute Gasteiger partial charge is 0.228 e. The minimum Gasteiger partial charge on any atom is -0.330 e. The molecule has 4 nitrogen and oxygen atoms in total. The normalized spacial score (nSPS) is 21.1. The van der Waals surface area contributed by atoms with E-state index in [0.717, 1.165) is 11.4 Å². The van der Waals surface area contributed by atoms with Gasteiger partial charge in [-0.15, -0.1) is 0 Å². The standard InChI is InChI=1S/C11H15N3O/c1-8-3-2-4-13-11(8)14-7-9(6-12)5-10(14)15/h2-4,9H,5-7,12H2,1H3. The number of pyridine rings is 1. The summed E-state index contributed by atoms with van der Waals surface area (Å²) in [5.41, 5.74) is 6.61. The Morgan fingerprint density at radius 2 is 2.47 bits per heavy atom. The molecule has 0 saturated carbocycles. The molecule has 1 unspecified atom stereocenters. The maximum atomic E-state index is 11.7. The van der Waals surface area contributed by atoms with Gasteiger partial charge in [0.1, 0.15) is 5.82 Å². The van der Waals surface area contributed by atoms with Gasteiger partial charge in [0.2, 0.25) is 5.91 Å². The van der Waals surface area contributed by atoms with E-state index in [0.29, 0.717) is 19.5 Å².